The van der Waals surface area contributed by atoms with Crippen LogP contribution in [0.25, 0.3) is 0 Å². The topological polar surface area (TPSA) is 24.5 Å². The number of methoxy groups -OCH3 is 1. The van der Waals surface area contributed by atoms with Crippen molar-refractivity contribution in [3.05, 3.63) is 59.7 Å². The van der Waals surface area contributed by atoms with E-state index < -0.39 is 0 Å². The maximum atomic E-state index is 5.17. The molecule has 2 aromatic carbocycles. The molecule has 3 heteroatoms. The van der Waals surface area contributed by atoms with Crippen LogP contribution in [0.4, 0.5) is 5.69 Å². The van der Waals surface area contributed by atoms with Gasteiger partial charge in [0.25, 0.3) is 0 Å². The summed E-state index contributed by atoms with van der Waals surface area (Å²) in [5.74, 6) is 0.899. The van der Waals surface area contributed by atoms with E-state index in [2.05, 4.69) is 60.5 Å². The molecule has 1 N–H and O–H groups in total. The van der Waals surface area contributed by atoms with Crippen LogP contribution in [0.2, 0.25) is 0 Å². The van der Waals surface area contributed by atoms with Gasteiger partial charge in [0.15, 0.2) is 0 Å². The minimum absolute atomic E-state index is 0.863. The van der Waals surface area contributed by atoms with Gasteiger partial charge in [-0.3, -0.25) is 0 Å². The molecule has 0 bridgehead atoms. The van der Waals surface area contributed by atoms with Gasteiger partial charge in [0.1, 0.15) is 5.75 Å². The van der Waals surface area contributed by atoms with Crippen molar-refractivity contribution in [2.24, 2.45) is 0 Å². The van der Waals surface area contributed by atoms with E-state index in [-0.39, 0.29) is 0 Å². The Bertz CT molecular complexity index is 545. The number of ether oxygens (including phenoxy) is 1. The molecular weight excluding hydrogens is 272 g/mol. The van der Waals surface area contributed by atoms with E-state index in [9.17, 15) is 0 Å². The Morgan fingerprint density at radius 1 is 0.818 bits per heavy atom. The summed E-state index contributed by atoms with van der Waals surface area (Å²) < 4.78 is 5.17. The third kappa shape index (κ3) is 4.50. The minimum Gasteiger partial charge on any atom is -0.497 e. The zero-order chi connectivity index (χ0) is 15.8. The van der Waals surface area contributed by atoms with Gasteiger partial charge in [-0.05, 0) is 49.2 Å². The summed E-state index contributed by atoms with van der Waals surface area (Å²) in [6, 6.07) is 17.0. The maximum Gasteiger partial charge on any atom is 0.118 e. The van der Waals surface area contributed by atoms with E-state index in [1.54, 1.807) is 7.11 Å². The molecule has 0 radical (unpaired) electrons. The van der Waals surface area contributed by atoms with Crippen molar-refractivity contribution < 1.29 is 4.74 Å². The first-order valence-electron chi connectivity index (χ1n) is 7.94. The van der Waals surface area contributed by atoms with E-state index in [4.69, 9.17) is 4.74 Å². The first kappa shape index (κ1) is 16.4. The highest BCUT2D eigenvalue weighted by Gasteiger charge is 2.01. The normalized spacial score (nSPS) is 10.5. The Labute approximate surface area is 133 Å². The molecule has 0 heterocycles. The molecule has 3 nitrogen and oxygen atoms in total. The average molecular weight is 298 g/mol. The van der Waals surface area contributed by atoms with Crippen molar-refractivity contribution in [1.29, 1.82) is 0 Å². The molecule has 0 aliphatic carbocycles. The molecule has 22 heavy (non-hydrogen) atoms. The van der Waals surface area contributed by atoms with Crippen LogP contribution < -0.4 is 15.0 Å². The van der Waals surface area contributed by atoms with E-state index in [0.717, 1.165) is 31.9 Å². The van der Waals surface area contributed by atoms with Gasteiger partial charge < -0.3 is 15.0 Å². The monoisotopic (exact) mass is 298 g/mol. The Kier molecular flexibility index (Phi) is 6.28. The zero-order valence-electron chi connectivity index (χ0n) is 13.8. The fourth-order valence-corrected chi connectivity index (χ4v) is 2.51. The summed E-state index contributed by atoms with van der Waals surface area (Å²) in [5, 5.41) is 3.48. The van der Waals surface area contributed by atoms with Crippen LogP contribution in [0, 0.1) is 0 Å². The lowest BCUT2D eigenvalue weighted by Crippen LogP contribution is -2.21. The van der Waals surface area contributed by atoms with Gasteiger partial charge in [-0.25, -0.2) is 0 Å². The van der Waals surface area contributed by atoms with Crippen molar-refractivity contribution in [1.82, 2.24) is 5.32 Å². The standard InChI is InChI=1S/C19H26N2O/c1-4-21(5-2)18-10-6-16(7-11-18)14-20-15-17-8-12-19(22-3)13-9-17/h6-13,20H,4-5,14-15H2,1-3H3. The lowest BCUT2D eigenvalue weighted by Gasteiger charge is -2.21. The second-order valence-electron chi connectivity index (χ2n) is 5.29. The summed E-state index contributed by atoms with van der Waals surface area (Å²) in [4.78, 5) is 2.36. The lowest BCUT2D eigenvalue weighted by molar-refractivity contribution is 0.414. The largest absolute Gasteiger partial charge is 0.497 e. The number of rotatable bonds is 8. The van der Waals surface area contributed by atoms with Gasteiger partial charge in [-0.15, -0.1) is 0 Å². The second kappa shape index (κ2) is 8.44. The van der Waals surface area contributed by atoms with Crippen LogP contribution >= 0.6 is 0 Å². The molecule has 0 unspecified atom stereocenters. The number of benzene rings is 2. The molecule has 118 valence electrons. The van der Waals surface area contributed by atoms with Crippen molar-refractivity contribution in [2.75, 3.05) is 25.1 Å². The first-order chi connectivity index (χ1) is 10.8. The van der Waals surface area contributed by atoms with Gasteiger partial charge in [0, 0.05) is 31.9 Å². The minimum atomic E-state index is 0.863. The second-order valence-corrected chi connectivity index (χ2v) is 5.29. The molecule has 2 aromatic rings. The molecule has 0 atom stereocenters. The van der Waals surface area contributed by atoms with Crippen molar-refractivity contribution in [3.8, 4) is 5.75 Å². The summed E-state index contributed by atoms with van der Waals surface area (Å²) >= 11 is 0. The Morgan fingerprint density at radius 3 is 1.77 bits per heavy atom. The van der Waals surface area contributed by atoms with E-state index in [1.807, 2.05) is 12.1 Å². The Balaban J connectivity index is 1.83. The molecule has 0 aromatic heterocycles. The highest BCUT2D eigenvalue weighted by atomic mass is 16.5. The smallest absolute Gasteiger partial charge is 0.118 e. The van der Waals surface area contributed by atoms with E-state index in [0.29, 0.717) is 0 Å². The van der Waals surface area contributed by atoms with Crippen LogP contribution in [0.3, 0.4) is 0 Å². The van der Waals surface area contributed by atoms with Crippen LogP contribution in [-0.2, 0) is 13.1 Å². The molecular formula is C19H26N2O. The van der Waals surface area contributed by atoms with Gasteiger partial charge in [0.2, 0.25) is 0 Å². The van der Waals surface area contributed by atoms with Crippen molar-refractivity contribution in [3.63, 3.8) is 0 Å². The van der Waals surface area contributed by atoms with Crippen LogP contribution in [0.5, 0.6) is 5.75 Å². The number of nitrogens with zero attached hydrogens (tertiary/aromatic N) is 1. The van der Waals surface area contributed by atoms with E-state index >= 15 is 0 Å². The highest BCUT2D eigenvalue weighted by Crippen LogP contribution is 2.15. The molecule has 0 saturated heterocycles. The summed E-state index contributed by atoms with van der Waals surface area (Å²) in [6.45, 7) is 8.21. The number of hydrogen-bond donors (Lipinski definition) is 1. The molecule has 0 aliphatic heterocycles. The van der Waals surface area contributed by atoms with Crippen molar-refractivity contribution >= 4 is 5.69 Å². The third-order valence-corrected chi connectivity index (χ3v) is 3.88. The number of anilines is 1. The van der Waals surface area contributed by atoms with Crippen LogP contribution in [0.1, 0.15) is 25.0 Å². The van der Waals surface area contributed by atoms with Gasteiger partial charge in [-0.1, -0.05) is 24.3 Å². The molecule has 0 amide bonds. The number of nitrogens with one attached hydrogen (secondary N) is 1. The van der Waals surface area contributed by atoms with E-state index in [1.165, 1.54) is 16.8 Å². The Hall–Kier alpha value is -2.00. The molecule has 0 spiro atoms. The lowest BCUT2D eigenvalue weighted by atomic mass is 10.1. The predicted octanol–water partition coefficient (Wildman–Crippen LogP) is 3.83. The summed E-state index contributed by atoms with van der Waals surface area (Å²) in [5.41, 5.74) is 3.87. The predicted molar refractivity (Wildman–Crippen MR) is 93.5 cm³/mol. The summed E-state index contributed by atoms with van der Waals surface area (Å²) in [7, 11) is 1.69. The fraction of sp³-hybridized carbons (Fsp3) is 0.368. The van der Waals surface area contributed by atoms with Gasteiger partial charge in [0.05, 0.1) is 7.11 Å². The average Bonchev–Trinajstić information content (AvgIpc) is 2.58. The molecule has 0 aliphatic rings. The van der Waals surface area contributed by atoms with Crippen LogP contribution in [-0.4, -0.2) is 20.2 Å². The molecule has 0 saturated carbocycles. The van der Waals surface area contributed by atoms with Crippen LogP contribution in [0.15, 0.2) is 48.5 Å². The Morgan fingerprint density at radius 2 is 1.32 bits per heavy atom. The SMILES string of the molecule is CCN(CC)c1ccc(CNCc2ccc(OC)cc2)cc1. The zero-order valence-corrected chi connectivity index (χ0v) is 13.8. The first-order valence-corrected chi connectivity index (χ1v) is 7.94. The third-order valence-electron chi connectivity index (χ3n) is 3.88. The summed E-state index contributed by atoms with van der Waals surface area (Å²) in [6.07, 6.45) is 0. The molecule has 0 fully saturated rings. The molecule has 2 rings (SSSR count). The van der Waals surface area contributed by atoms with Gasteiger partial charge in [-0.2, -0.15) is 0 Å². The fourth-order valence-electron chi connectivity index (χ4n) is 2.51. The quantitative estimate of drug-likeness (QED) is 0.801. The highest BCUT2D eigenvalue weighted by molar-refractivity contribution is 5.47. The number of hydrogen-bond acceptors (Lipinski definition) is 3. The van der Waals surface area contributed by atoms with Crippen molar-refractivity contribution in [2.45, 2.75) is 26.9 Å². The maximum absolute atomic E-state index is 5.17. The van der Waals surface area contributed by atoms with Gasteiger partial charge >= 0.3 is 0 Å².